The van der Waals surface area contributed by atoms with Gasteiger partial charge in [0.1, 0.15) is 0 Å². The topological polar surface area (TPSA) is 81.5 Å². The highest BCUT2D eigenvalue weighted by Crippen LogP contribution is 2.37. The first-order valence-corrected chi connectivity index (χ1v) is 9.09. The van der Waals surface area contributed by atoms with Crippen molar-refractivity contribution >= 4 is 17.7 Å². The van der Waals surface area contributed by atoms with Crippen molar-refractivity contribution in [1.82, 2.24) is 9.80 Å². The van der Waals surface area contributed by atoms with E-state index in [1.54, 1.807) is 30.1 Å². The van der Waals surface area contributed by atoms with Crippen molar-refractivity contribution in [3.63, 3.8) is 0 Å². The molecular weight excluding hydrogens is 330 g/mol. The van der Waals surface area contributed by atoms with Gasteiger partial charge in [-0.05, 0) is 30.5 Å². The molecule has 2 fully saturated rings. The Balaban J connectivity index is 1.55. The van der Waals surface area contributed by atoms with Gasteiger partial charge >= 0.3 is 0 Å². The third-order valence-electron chi connectivity index (χ3n) is 5.38. The lowest BCUT2D eigenvalue weighted by Gasteiger charge is -2.20. The second-order valence-corrected chi connectivity index (χ2v) is 7.14. The zero-order chi connectivity index (χ0) is 18.7. The molecule has 1 aliphatic carbocycles. The van der Waals surface area contributed by atoms with Crippen LogP contribution in [0, 0.1) is 23.2 Å². The predicted molar refractivity (Wildman–Crippen MR) is 94.4 cm³/mol. The Hall–Kier alpha value is -2.68. The van der Waals surface area contributed by atoms with Crippen LogP contribution in [0.5, 0.6) is 0 Å². The molecule has 1 aliphatic heterocycles. The Morgan fingerprint density at radius 2 is 1.88 bits per heavy atom. The molecule has 1 aromatic carbocycles. The van der Waals surface area contributed by atoms with Gasteiger partial charge in [-0.15, -0.1) is 0 Å². The lowest BCUT2D eigenvalue weighted by molar-refractivity contribution is -0.140. The molecule has 6 heteroatoms. The monoisotopic (exact) mass is 353 g/mol. The van der Waals surface area contributed by atoms with E-state index in [9.17, 15) is 14.4 Å². The lowest BCUT2D eigenvalue weighted by Crippen LogP contribution is -2.36. The maximum Gasteiger partial charge on any atom is 0.233 e. The highest BCUT2D eigenvalue weighted by atomic mass is 16.2. The van der Waals surface area contributed by atoms with Gasteiger partial charge in [0.05, 0.1) is 23.5 Å². The van der Waals surface area contributed by atoms with Gasteiger partial charge in [0.25, 0.3) is 0 Å². The summed E-state index contributed by atoms with van der Waals surface area (Å²) in [5.41, 5.74) is 1.43. The molecule has 1 heterocycles. The molecule has 2 atom stereocenters. The summed E-state index contributed by atoms with van der Waals surface area (Å²) in [6.45, 7) is 0.549. The summed E-state index contributed by atoms with van der Waals surface area (Å²) in [5.74, 6) is -0.660. The van der Waals surface area contributed by atoms with Crippen molar-refractivity contribution < 1.29 is 14.4 Å². The first-order valence-electron chi connectivity index (χ1n) is 9.09. The highest BCUT2D eigenvalue weighted by molar-refractivity contribution is 6.05. The van der Waals surface area contributed by atoms with Crippen molar-refractivity contribution in [1.29, 1.82) is 5.26 Å². The van der Waals surface area contributed by atoms with Crippen LogP contribution in [0.1, 0.15) is 43.2 Å². The van der Waals surface area contributed by atoms with Crippen LogP contribution in [0.3, 0.4) is 0 Å². The number of rotatable bonds is 5. The number of hydrogen-bond donors (Lipinski definition) is 0. The third kappa shape index (κ3) is 3.62. The van der Waals surface area contributed by atoms with Crippen molar-refractivity contribution in [3.8, 4) is 6.07 Å². The molecule has 3 rings (SSSR count). The number of nitrogens with zero attached hydrogens (tertiary/aromatic N) is 3. The molecule has 0 radical (unpaired) electrons. The van der Waals surface area contributed by atoms with Crippen molar-refractivity contribution in [2.45, 2.75) is 38.6 Å². The lowest BCUT2D eigenvalue weighted by atomic mass is 9.81. The second kappa shape index (κ2) is 7.69. The van der Waals surface area contributed by atoms with Gasteiger partial charge in [-0.2, -0.15) is 5.26 Å². The predicted octanol–water partition coefficient (Wildman–Crippen LogP) is 2.08. The number of nitriles is 1. The molecule has 0 spiro atoms. The van der Waals surface area contributed by atoms with E-state index in [4.69, 9.17) is 5.26 Å². The number of carbonyl (C=O) groups excluding carboxylic acids is 3. The summed E-state index contributed by atoms with van der Waals surface area (Å²) in [7, 11) is 1.69. The molecule has 0 N–H and O–H groups in total. The molecule has 0 aromatic heterocycles. The van der Waals surface area contributed by atoms with Crippen LogP contribution < -0.4 is 0 Å². The Bertz CT molecular complexity index is 744. The highest BCUT2D eigenvalue weighted by Gasteiger charge is 2.47. The van der Waals surface area contributed by atoms with Gasteiger partial charge < -0.3 is 4.90 Å². The van der Waals surface area contributed by atoms with Gasteiger partial charge in [-0.25, -0.2) is 0 Å². The fourth-order valence-electron chi connectivity index (χ4n) is 3.95. The maximum atomic E-state index is 12.4. The van der Waals surface area contributed by atoms with Crippen molar-refractivity contribution in [2.24, 2.45) is 11.8 Å². The fraction of sp³-hybridized carbons (Fsp3) is 0.500. The Kier molecular flexibility index (Phi) is 5.36. The fourth-order valence-corrected chi connectivity index (χ4v) is 3.95. The van der Waals surface area contributed by atoms with E-state index in [1.165, 1.54) is 4.90 Å². The van der Waals surface area contributed by atoms with Gasteiger partial charge in [0.15, 0.2) is 0 Å². The summed E-state index contributed by atoms with van der Waals surface area (Å²) >= 11 is 0. The van der Waals surface area contributed by atoms with E-state index < -0.39 is 0 Å². The number of carbonyl (C=O) groups is 3. The van der Waals surface area contributed by atoms with E-state index in [2.05, 4.69) is 6.07 Å². The quantitative estimate of drug-likeness (QED) is 0.759. The molecule has 26 heavy (non-hydrogen) atoms. The van der Waals surface area contributed by atoms with Gasteiger partial charge in [-0.3, -0.25) is 19.3 Å². The molecule has 2 aliphatic rings. The molecule has 1 aromatic rings. The Morgan fingerprint density at radius 3 is 2.50 bits per heavy atom. The molecule has 1 saturated carbocycles. The molecule has 6 nitrogen and oxygen atoms in total. The van der Waals surface area contributed by atoms with E-state index in [-0.39, 0.29) is 42.5 Å². The second-order valence-electron chi connectivity index (χ2n) is 7.14. The normalized spacial score (nSPS) is 22.1. The minimum Gasteiger partial charge on any atom is -0.341 e. The van der Waals surface area contributed by atoms with Gasteiger partial charge in [-0.1, -0.05) is 25.0 Å². The number of benzene rings is 1. The summed E-state index contributed by atoms with van der Waals surface area (Å²) in [6.07, 6.45) is 3.70. The number of imide groups is 1. The molecular formula is C20H23N3O3. The van der Waals surface area contributed by atoms with Crippen LogP contribution >= 0.6 is 0 Å². The van der Waals surface area contributed by atoms with E-state index in [0.717, 1.165) is 31.2 Å². The summed E-state index contributed by atoms with van der Waals surface area (Å²) < 4.78 is 0. The largest absolute Gasteiger partial charge is 0.341 e. The number of fused-ring (bicyclic) bond motifs is 1. The molecule has 0 bridgehead atoms. The zero-order valence-corrected chi connectivity index (χ0v) is 15.0. The van der Waals surface area contributed by atoms with Crippen LogP contribution in [0.2, 0.25) is 0 Å². The van der Waals surface area contributed by atoms with Crippen LogP contribution in [0.4, 0.5) is 0 Å². The van der Waals surface area contributed by atoms with Gasteiger partial charge in [0.2, 0.25) is 17.7 Å². The van der Waals surface area contributed by atoms with Gasteiger partial charge in [0, 0.05) is 26.6 Å². The van der Waals surface area contributed by atoms with E-state index in [1.807, 2.05) is 6.07 Å². The third-order valence-corrected chi connectivity index (χ3v) is 5.38. The van der Waals surface area contributed by atoms with Crippen molar-refractivity contribution in [2.75, 3.05) is 13.6 Å². The minimum atomic E-state index is -0.169. The number of likely N-dealkylation sites (tertiary alicyclic amines) is 1. The smallest absolute Gasteiger partial charge is 0.233 e. The standard InChI is InChI=1S/C20H23N3O3/c1-22(13-15-6-4-5-14(11-15)12-21)18(24)9-10-23-19(25)16-7-2-3-8-17(16)20(23)26/h4-6,11,16-17H,2-3,7-10,13H2,1H3/t16-,17-/m0/s1. The van der Waals surface area contributed by atoms with E-state index in [0.29, 0.717) is 12.1 Å². The average molecular weight is 353 g/mol. The molecule has 3 amide bonds. The van der Waals surface area contributed by atoms with Crippen LogP contribution in [0.15, 0.2) is 24.3 Å². The zero-order valence-electron chi connectivity index (χ0n) is 15.0. The van der Waals surface area contributed by atoms with Crippen LogP contribution in [-0.2, 0) is 20.9 Å². The molecule has 1 saturated heterocycles. The first kappa shape index (κ1) is 18.1. The average Bonchev–Trinajstić information content (AvgIpc) is 2.90. The van der Waals surface area contributed by atoms with Crippen LogP contribution in [-0.4, -0.2) is 41.1 Å². The minimum absolute atomic E-state index is 0.100. The Labute approximate surface area is 153 Å². The Morgan fingerprint density at radius 1 is 1.23 bits per heavy atom. The van der Waals surface area contributed by atoms with E-state index >= 15 is 0 Å². The first-order chi connectivity index (χ1) is 12.5. The summed E-state index contributed by atoms with van der Waals surface area (Å²) in [5, 5.41) is 8.95. The number of amides is 3. The maximum absolute atomic E-state index is 12.4. The summed E-state index contributed by atoms with van der Waals surface area (Å²) in [4.78, 5) is 40.1. The number of hydrogen-bond acceptors (Lipinski definition) is 4. The van der Waals surface area contributed by atoms with Crippen molar-refractivity contribution in [3.05, 3.63) is 35.4 Å². The molecule has 0 unspecified atom stereocenters. The molecule has 136 valence electrons. The SMILES string of the molecule is CN(Cc1cccc(C#N)c1)C(=O)CCN1C(=O)[C@H]2CCCC[C@@H]2C1=O. The van der Waals surface area contributed by atoms with Crippen LogP contribution in [0.25, 0.3) is 0 Å². The summed E-state index contributed by atoms with van der Waals surface area (Å²) in [6, 6.07) is 9.20.